The van der Waals surface area contributed by atoms with E-state index in [2.05, 4.69) is 10.4 Å². The first-order valence-corrected chi connectivity index (χ1v) is 9.10. The second-order valence-electron chi connectivity index (χ2n) is 6.63. The lowest BCUT2D eigenvalue weighted by Crippen LogP contribution is -2.44. The lowest BCUT2D eigenvalue weighted by molar-refractivity contribution is -0.136. The van der Waals surface area contributed by atoms with E-state index in [-0.39, 0.29) is 29.7 Å². The molecule has 0 spiro atoms. The van der Waals surface area contributed by atoms with Crippen LogP contribution in [0.3, 0.4) is 0 Å². The Hall–Kier alpha value is -2.70. The van der Waals surface area contributed by atoms with Crippen molar-refractivity contribution in [3.8, 4) is 0 Å². The zero-order chi connectivity index (χ0) is 18.5. The van der Waals surface area contributed by atoms with Gasteiger partial charge < -0.3 is 10.2 Å². The van der Waals surface area contributed by atoms with Gasteiger partial charge in [-0.05, 0) is 31.4 Å². The number of hydrogen-bond acceptors (Lipinski definition) is 4. The maximum atomic E-state index is 12.6. The van der Waals surface area contributed by atoms with Gasteiger partial charge in [-0.2, -0.15) is 5.10 Å². The molecule has 3 rings (SSSR count). The predicted molar refractivity (Wildman–Crippen MR) is 98.6 cm³/mol. The number of rotatable bonds is 5. The van der Waals surface area contributed by atoms with Crippen molar-refractivity contribution in [2.45, 2.75) is 32.7 Å². The molecule has 0 atom stereocenters. The van der Waals surface area contributed by atoms with E-state index in [0.29, 0.717) is 43.4 Å². The highest BCUT2D eigenvalue weighted by molar-refractivity contribution is 5.82. The van der Waals surface area contributed by atoms with E-state index < -0.39 is 0 Å². The number of carbonyl (C=O) groups excluding carboxylic acids is 2. The van der Waals surface area contributed by atoms with Crippen LogP contribution in [0, 0.1) is 5.92 Å². The van der Waals surface area contributed by atoms with Gasteiger partial charge in [-0.1, -0.05) is 19.1 Å². The topological polar surface area (TPSA) is 84.3 Å². The van der Waals surface area contributed by atoms with Gasteiger partial charge >= 0.3 is 0 Å². The Morgan fingerprint density at radius 2 is 1.96 bits per heavy atom. The molecule has 7 nitrogen and oxygen atoms in total. The summed E-state index contributed by atoms with van der Waals surface area (Å²) in [6.45, 7) is 3.95. The van der Waals surface area contributed by atoms with E-state index >= 15 is 0 Å². The van der Waals surface area contributed by atoms with E-state index in [0.717, 1.165) is 6.42 Å². The quantitative estimate of drug-likeness (QED) is 0.871. The molecule has 1 aromatic carbocycles. The molecule has 0 aliphatic carbocycles. The first-order valence-electron chi connectivity index (χ1n) is 9.10. The second kappa shape index (κ2) is 8.12. The van der Waals surface area contributed by atoms with Crippen LogP contribution >= 0.6 is 0 Å². The Labute approximate surface area is 152 Å². The maximum Gasteiger partial charge on any atom is 0.244 e. The highest BCUT2D eigenvalue weighted by Crippen LogP contribution is 2.18. The summed E-state index contributed by atoms with van der Waals surface area (Å²) in [5, 5.41) is 7.59. The third-order valence-corrected chi connectivity index (χ3v) is 4.81. The molecular weight excluding hydrogens is 332 g/mol. The van der Waals surface area contributed by atoms with Crippen LogP contribution in [0.15, 0.2) is 35.3 Å². The van der Waals surface area contributed by atoms with Crippen molar-refractivity contribution < 1.29 is 9.59 Å². The molecule has 2 heterocycles. The monoisotopic (exact) mass is 356 g/mol. The Balaban J connectivity index is 1.63. The minimum absolute atomic E-state index is 0.0167. The zero-order valence-corrected chi connectivity index (χ0v) is 15.0. The van der Waals surface area contributed by atoms with E-state index in [1.165, 1.54) is 6.20 Å². The molecule has 1 fully saturated rings. The van der Waals surface area contributed by atoms with E-state index in [1.54, 1.807) is 27.8 Å². The Morgan fingerprint density at radius 1 is 1.23 bits per heavy atom. The molecule has 1 saturated heterocycles. The van der Waals surface area contributed by atoms with Crippen molar-refractivity contribution in [1.29, 1.82) is 0 Å². The van der Waals surface area contributed by atoms with Crippen molar-refractivity contribution in [3.05, 3.63) is 40.7 Å². The van der Waals surface area contributed by atoms with Gasteiger partial charge in [-0.3, -0.25) is 19.1 Å². The standard InChI is InChI=1S/C19H24N4O3/c1-2-9-20-19(26)14-7-10-22(11-8-14)18(25)13-23-16-6-4-3-5-15(16)17(24)12-21-23/h3-6,12,14H,2,7-11,13H2,1H3,(H,20,26). The summed E-state index contributed by atoms with van der Waals surface area (Å²) in [6.07, 6.45) is 3.53. The number of nitrogens with zero attached hydrogens (tertiary/aromatic N) is 3. The molecule has 7 heteroatoms. The summed E-state index contributed by atoms with van der Waals surface area (Å²) in [5.74, 6) is 0.0303. The number of nitrogens with one attached hydrogen (secondary N) is 1. The second-order valence-corrected chi connectivity index (χ2v) is 6.63. The van der Waals surface area contributed by atoms with Crippen LogP contribution < -0.4 is 10.7 Å². The largest absolute Gasteiger partial charge is 0.356 e. The van der Waals surface area contributed by atoms with E-state index in [4.69, 9.17) is 0 Å². The van der Waals surface area contributed by atoms with Crippen LogP contribution in [0.2, 0.25) is 0 Å². The van der Waals surface area contributed by atoms with Gasteiger partial charge in [0.1, 0.15) is 6.54 Å². The van der Waals surface area contributed by atoms with Crippen LogP contribution in [0.25, 0.3) is 10.9 Å². The van der Waals surface area contributed by atoms with Crippen molar-refractivity contribution in [2.75, 3.05) is 19.6 Å². The summed E-state index contributed by atoms with van der Waals surface area (Å²) >= 11 is 0. The Morgan fingerprint density at radius 3 is 2.69 bits per heavy atom. The van der Waals surface area contributed by atoms with Crippen molar-refractivity contribution >= 4 is 22.7 Å². The minimum Gasteiger partial charge on any atom is -0.356 e. The lowest BCUT2D eigenvalue weighted by Gasteiger charge is -2.31. The van der Waals surface area contributed by atoms with Crippen LogP contribution in [0.4, 0.5) is 0 Å². The van der Waals surface area contributed by atoms with Gasteiger partial charge in [0.25, 0.3) is 0 Å². The molecule has 0 radical (unpaired) electrons. The summed E-state index contributed by atoms with van der Waals surface area (Å²) in [6, 6.07) is 7.15. The van der Waals surface area contributed by atoms with Crippen molar-refractivity contribution in [1.82, 2.24) is 20.0 Å². The number of carbonyl (C=O) groups is 2. The SMILES string of the molecule is CCCNC(=O)C1CCN(C(=O)Cn2ncc(=O)c3ccccc32)CC1. The molecule has 2 aromatic rings. The number of amides is 2. The van der Waals surface area contributed by atoms with Gasteiger partial charge in [0.2, 0.25) is 17.2 Å². The van der Waals surface area contributed by atoms with Crippen LogP contribution in [0.5, 0.6) is 0 Å². The third-order valence-electron chi connectivity index (χ3n) is 4.81. The smallest absolute Gasteiger partial charge is 0.244 e. The number of piperidine rings is 1. The highest BCUT2D eigenvalue weighted by Gasteiger charge is 2.27. The summed E-state index contributed by atoms with van der Waals surface area (Å²) in [5.41, 5.74) is 0.505. The average molecular weight is 356 g/mol. The number of para-hydroxylation sites is 1. The Bertz CT molecular complexity index is 853. The number of likely N-dealkylation sites (tertiary alicyclic amines) is 1. The molecule has 1 aliphatic heterocycles. The first-order chi connectivity index (χ1) is 12.6. The molecule has 0 saturated carbocycles. The molecule has 2 amide bonds. The van der Waals surface area contributed by atoms with Crippen LogP contribution in [-0.2, 0) is 16.1 Å². The minimum atomic E-state index is -0.150. The lowest BCUT2D eigenvalue weighted by atomic mass is 9.96. The van der Waals surface area contributed by atoms with Crippen LogP contribution in [-0.4, -0.2) is 46.1 Å². The normalized spacial score (nSPS) is 15.2. The fourth-order valence-electron chi connectivity index (χ4n) is 3.30. The van der Waals surface area contributed by atoms with Gasteiger partial charge in [0, 0.05) is 30.9 Å². The average Bonchev–Trinajstić information content (AvgIpc) is 2.68. The number of hydrogen-bond donors (Lipinski definition) is 1. The van der Waals surface area contributed by atoms with Crippen molar-refractivity contribution in [3.63, 3.8) is 0 Å². The molecular formula is C19H24N4O3. The van der Waals surface area contributed by atoms with E-state index in [9.17, 15) is 14.4 Å². The summed E-state index contributed by atoms with van der Waals surface area (Å²) < 4.78 is 1.57. The van der Waals surface area contributed by atoms with Crippen molar-refractivity contribution in [2.24, 2.45) is 5.92 Å². The molecule has 1 N–H and O–H groups in total. The van der Waals surface area contributed by atoms with Gasteiger partial charge in [0.15, 0.2) is 0 Å². The molecule has 1 aromatic heterocycles. The molecule has 26 heavy (non-hydrogen) atoms. The Kier molecular flexibility index (Phi) is 5.65. The zero-order valence-electron chi connectivity index (χ0n) is 15.0. The summed E-state index contributed by atoms with van der Waals surface area (Å²) in [7, 11) is 0. The predicted octanol–water partition coefficient (Wildman–Crippen LogP) is 1.16. The fourth-order valence-corrected chi connectivity index (χ4v) is 3.30. The number of aromatic nitrogens is 2. The molecule has 138 valence electrons. The highest BCUT2D eigenvalue weighted by atomic mass is 16.2. The summed E-state index contributed by atoms with van der Waals surface area (Å²) in [4.78, 5) is 38.3. The first kappa shape index (κ1) is 18.1. The molecule has 0 bridgehead atoms. The van der Waals surface area contributed by atoms with E-state index in [1.807, 2.05) is 13.0 Å². The molecule has 1 aliphatic rings. The van der Waals surface area contributed by atoms with Crippen LogP contribution in [0.1, 0.15) is 26.2 Å². The van der Waals surface area contributed by atoms with Gasteiger partial charge in [-0.15, -0.1) is 0 Å². The fraction of sp³-hybridized carbons (Fsp3) is 0.474. The third kappa shape index (κ3) is 3.92. The van der Waals surface area contributed by atoms with Gasteiger partial charge in [0.05, 0.1) is 11.7 Å². The van der Waals surface area contributed by atoms with Gasteiger partial charge in [-0.25, -0.2) is 0 Å². The number of fused-ring (bicyclic) bond motifs is 1. The molecule has 0 unspecified atom stereocenters. The maximum absolute atomic E-state index is 12.6. The number of benzene rings is 1.